The van der Waals surface area contributed by atoms with E-state index in [1.807, 2.05) is 0 Å². The highest BCUT2D eigenvalue weighted by molar-refractivity contribution is 6.10. The SMILES string of the molecule is CC1CCC2(CC1)NC(=O)N(CC(=O)Nc1ccc(C(=O)NCC(F)(F)F)cc1)C2=O. The van der Waals surface area contributed by atoms with Gasteiger partial charge >= 0.3 is 12.2 Å². The molecule has 1 aromatic carbocycles. The summed E-state index contributed by atoms with van der Waals surface area (Å²) >= 11 is 0. The molecule has 0 radical (unpaired) electrons. The number of hydrogen-bond donors (Lipinski definition) is 3. The quantitative estimate of drug-likeness (QED) is 0.611. The first-order valence-electron chi connectivity index (χ1n) is 9.88. The normalized spacial score (nSPS) is 23.6. The minimum absolute atomic E-state index is 0.00943. The van der Waals surface area contributed by atoms with Gasteiger partial charge in [0.25, 0.3) is 11.8 Å². The molecule has 0 unspecified atom stereocenters. The van der Waals surface area contributed by atoms with Crippen molar-refractivity contribution in [3.63, 3.8) is 0 Å². The van der Waals surface area contributed by atoms with Crippen molar-refractivity contribution in [3.05, 3.63) is 29.8 Å². The summed E-state index contributed by atoms with van der Waals surface area (Å²) in [5.41, 5.74) is -0.676. The van der Waals surface area contributed by atoms with Gasteiger partial charge in [-0.15, -0.1) is 0 Å². The number of amides is 5. The number of urea groups is 1. The minimum Gasteiger partial charge on any atom is -0.343 e. The van der Waals surface area contributed by atoms with Gasteiger partial charge in [0.15, 0.2) is 0 Å². The lowest BCUT2D eigenvalue weighted by Gasteiger charge is -2.33. The summed E-state index contributed by atoms with van der Waals surface area (Å²) in [6.07, 6.45) is -1.81. The molecule has 2 aliphatic rings. The number of rotatable bonds is 5. The second-order valence-corrected chi connectivity index (χ2v) is 8.01. The predicted octanol–water partition coefficient (Wildman–Crippen LogP) is 2.42. The van der Waals surface area contributed by atoms with Crippen LogP contribution in [0, 0.1) is 5.92 Å². The van der Waals surface area contributed by atoms with Gasteiger partial charge < -0.3 is 16.0 Å². The van der Waals surface area contributed by atoms with Crippen LogP contribution in [-0.4, -0.2) is 53.5 Å². The minimum atomic E-state index is -4.52. The third-order valence-corrected chi connectivity index (χ3v) is 5.56. The average molecular weight is 440 g/mol. The third-order valence-electron chi connectivity index (χ3n) is 5.56. The Morgan fingerprint density at radius 2 is 1.77 bits per heavy atom. The summed E-state index contributed by atoms with van der Waals surface area (Å²) in [4.78, 5) is 50.0. The van der Waals surface area contributed by atoms with Crippen LogP contribution in [0.3, 0.4) is 0 Å². The smallest absolute Gasteiger partial charge is 0.343 e. The van der Waals surface area contributed by atoms with Crippen LogP contribution in [-0.2, 0) is 9.59 Å². The molecule has 168 valence electrons. The molecule has 0 aromatic heterocycles. The predicted molar refractivity (Wildman–Crippen MR) is 104 cm³/mol. The number of carbonyl (C=O) groups is 4. The van der Waals surface area contributed by atoms with E-state index >= 15 is 0 Å². The molecule has 8 nitrogen and oxygen atoms in total. The van der Waals surface area contributed by atoms with E-state index < -0.39 is 48.6 Å². The topological polar surface area (TPSA) is 108 Å². The van der Waals surface area contributed by atoms with Gasteiger partial charge in [-0.1, -0.05) is 6.92 Å². The Morgan fingerprint density at radius 3 is 2.35 bits per heavy atom. The second-order valence-electron chi connectivity index (χ2n) is 8.01. The highest BCUT2D eigenvalue weighted by atomic mass is 19.4. The Bertz CT molecular complexity index is 877. The summed E-state index contributed by atoms with van der Waals surface area (Å²) in [6.45, 7) is 0.178. The van der Waals surface area contributed by atoms with Crippen molar-refractivity contribution in [2.24, 2.45) is 5.92 Å². The van der Waals surface area contributed by atoms with E-state index in [9.17, 15) is 32.3 Å². The molecule has 0 atom stereocenters. The number of nitrogens with one attached hydrogen (secondary N) is 3. The molecule has 5 amide bonds. The van der Waals surface area contributed by atoms with Gasteiger partial charge in [0.1, 0.15) is 18.6 Å². The van der Waals surface area contributed by atoms with Crippen molar-refractivity contribution in [2.75, 3.05) is 18.4 Å². The van der Waals surface area contributed by atoms with Crippen LogP contribution in [0.15, 0.2) is 24.3 Å². The molecule has 1 heterocycles. The van der Waals surface area contributed by atoms with Crippen LogP contribution in [0.5, 0.6) is 0 Å². The van der Waals surface area contributed by atoms with E-state index in [-0.39, 0.29) is 11.3 Å². The monoisotopic (exact) mass is 440 g/mol. The molecule has 11 heteroatoms. The molecule has 1 aliphatic heterocycles. The molecule has 1 saturated heterocycles. The average Bonchev–Trinajstić information content (AvgIpc) is 2.92. The first-order chi connectivity index (χ1) is 14.5. The van der Waals surface area contributed by atoms with E-state index in [1.165, 1.54) is 24.3 Å². The molecular weight excluding hydrogens is 417 g/mol. The summed E-state index contributed by atoms with van der Waals surface area (Å²) in [5.74, 6) is -1.44. The van der Waals surface area contributed by atoms with Crippen LogP contribution in [0.1, 0.15) is 43.0 Å². The van der Waals surface area contributed by atoms with Crippen molar-refractivity contribution in [1.29, 1.82) is 0 Å². The lowest BCUT2D eigenvalue weighted by atomic mass is 9.77. The van der Waals surface area contributed by atoms with Gasteiger partial charge in [0.2, 0.25) is 5.91 Å². The molecule has 1 spiro atoms. The fourth-order valence-electron chi connectivity index (χ4n) is 3.75. The maximum absolute atomic E-state index is 12.8. The molecule has 3 N–H and O–H groups in total. The highest BCUT2D eigenvalue weighted by Gasteiger charge is 2.52. The lowest BCUT2D eigenvalue weighted by Crippen LogP contribution is -2.49. The van der Waals surface area contributed by atoms with Crippen molar-refractivity contribution >= 4 is 29.4 Å². The van der Waals surface area contributed by atoms with Gasteiger partial charge in [-0.05, 0) is 55.9 Å². The number of carbonyl (C=O) groups excluding carboxylic acids is 4. The van der Waals surface area contributed by atoms with Crippen LogP contribution < -0.4 is 16.0 Å². The Hall–Kier alpha value is -3.11. The van der Waals surface area contributed by atoms with Crippen molar-refractivity contribution < 1.29 is 32.3 Å². The molecular formula is C20H23F3N4O4. The second kappa shape index (κ2) is 8.56. The van der Waals surface area contributed by atoms with Gasteiger partial charge in [0, 0.05) is 11.3 Å². The molecule has 2 fully saturated rings. The number of alkyl halides is 3. The fraction of sp³-hybridized carbons (Fsp3) is 0.500. The summed E-state index contributed by atoms with van der Waals surface area (Å²) in [6, 6.07) is 4.60. The highest BCUT2D eigenvalue weighted by Crippen LogP contribution is 2.36. The van der Waals surface area contributed by atoms with E-state index in [0.29, 0.717) is 18.8 Å². The standard InChI is InChI=1S/C20H23F3N4O4/c1-12-6-8-19(9-7-12)17(30)27(18(31)26-19)10-15(28)25-14-4-2-13(3-5-14)16(29)24-11-20(21,22)23/h2-5,12H,6-11H2,1H3,(H,24,29)(H,25,28)(H,26,31). The molecule has 0 bridgehead atoms. The number of anilines is 1. The van der Waals surface area contributed by atoms with Crippen LogP contribution >= 0.6 is 0 Å². The Kier molecular flexibility index (Phi) is 6.23. The maximum atomic E-state index is 12.8. The first-order valence-corrected chi connectivity index (χ1v) is 9.88. The van der Waals surface area contributed by atoms with E-state index in [0.717, 1.165) is 17.7 Å². The van der Waals surface area contributed by atoms with Crippen LogP contribution in [0.4, 0.5) is 23.7 Å². The number of imide groups is 1. The Labute approximate surface area is 176 Å². The van der Waals surface area contributed by atoms with Crippen LogP contribution in [0.2, 0.25) is 0 Å². The summed E-state index contributed by atoms with van der Waals surface area (Å²) < 4.78 is 36.5. The van der Waals surface area contributed by atoms with E-state index in [1.54, 1.807) is 5.32 Å². The lowest BCUT2D eigenvalue weighted by molar-refractivity contribution is -0.135. The maximum Gasteiger partial charge on any atom is 0.405 e. The van der Waals surface area contributed by atoms with Crippen molar-refractivity contribution in [3.8, 4) is 0 Å². The van der Waals surface area contributed by atoms with Gasteiger partial charge in [-0.3, -0.25) is 19.3 Å². The summed E-state index contributed by atoms with van der Waals surface area (Å²) in [7, 11) is 0. The van der Waals surface area contributed by atoms with E-state index in [2.05, 4.69) is 17.6 Å². The first kappa shape index (κ1) is 22.6. The Balaban J connectivity index is 1.55. The number of halogens is 3. The zero-order valence-electron chi connectivity index (χ0n) is 16.8. The molecule has 1 aliphatic carbocycles. The van der Waals surface area contributed by atoms with Gasteiger partial charge in [0.05, 0.1) is 0 Å². The van der Waals surface area contributed by atoms with Crippen LogP contribution in [0.25, 0.3) is 0 Å². The van der Waals surface area contributed by atoms with Crippen molar-refractivity contribution in [1.82, 2.24) is 15.5 Å². The summed E-state index contributed by atoms with van der Waals surface area (Å²) in [5, 5.41) is 6.99. The molecule has 3 rings (SSSR count). The molecule has 31 heavy (non-hydrogen) atoms. The van der Waals surface area contributed by atoms with Crippen molar-refractivity contribution in [2.45, 2.75) is 44.3 Å². The fourth-order valence-corrected chi connectivity index (χ4v) is 3.75. The third kappa shape index (κ3) is 5.33. The van der Waals surface area contributed by atoms with Gasteiger partial charge in [-0.25, -0.2) is 4.79 Å². The van der Waals surface area contributed by atoms with E-state index in [4.69, 9.17) is 0 Å². The van der Waals surface area contributed by atoms with Gasteiger partial charge in [-0.2, -0.15) is 13.2 Å². The zero-order valence-corrected chi connectivity index (χ0v) is 16.8. The molecule has 1 aromatic rings. The number of hydrogen-bond acceptors (Lipinski definition) is 4. The largest absolute Gasteiger partial charge is 0.405 e. The number of benzene rings is 1. The molecule has 1 saturated carbocycles. The zero-order chi connectivity index (χ0) is 22.8. The Morgan fingerprint density at radius 1 is 1.16 bits per heavy atom. The number of nitrogens with zero attached hydrogens (tertiary/aromatic N) is 1.